The Hall–Kier alpha value is -1.72. The Labute approximate surface area is 116 Å². The maximum Gasteiger partial charge on any atom is 0.327 e. The third-order valence-corrected chi connectivity index (χ3v) is 3.93. The summed E-state index contributed by atoms with van der Waals surface area (Å²) in [6.45, 7) is 2.72. The van der Waals surface area contributed by atoms with Gasteiger partial charge in [0.05, 0.1) is 4.92 Å². The van der Waals surface area contributed by atoms with Crippen LogP contribution >= 0.6 is 0 Å². The van der Waals surface area contributed by atoms with Gasteiger partial charge in [-0.1, -0.05) is 19.8 Å². The third-order valence-electron chi connectivity index (χ3n) is 3.93. The molecule has 0 aromatic heterocycles. The molecule has 6 heteroatoms. The lowest BCUT2D eigenvalue weighted by molar-refractivity contribution is -0.386. The maximum absolute atomic E-state index is 13.5. The van der Waals surface area contributed by atoms with Gasteiger partial charge in [0.15, 0.2) is 0 Å². The van der Waals surface area contributed by atoms with Crippen molar-refractivity contribution in [1.82, 2.24) is 0 Å². The van der Waals surface area contributed by atoms with Crippen LogP contribution in [0.4, 0.5) is 20.2 Å². The first-order chi connectivity index (χ1) is 9.47. The number of nitrogens with zero attached hydrogens (tertiary/aromatic N) is 1. The first-order valence-corrected chi connectivity index (χ1v) is 6.84. The molecule has 2 rings (SSSR count). The van der Waals surface area contributed by atoms with Crippen molar-refractivity contribution in [2.24, 2.45) is 11.8 Å². The molecule has 0 spiro atoms. The van der Waals surface area contributed by atoms with E-state index in [1.807, 2.05) is 0 Å². The zero-order valence-electron chi connectivity index (χ0n) is 11.4. The summed E-state index contributed by atoms with van der Waals surface area (Å²) in [5.41, 5.74) is -0.762. The van der Waals surface area contributed by atoms with Gasteiger partial charge in [0.1, 0.15) is 11.5 Å². The molecule has 1 aromatic carbocycles. The van der Waals surface area contributed by atoms with E-state index in [4.69, 9.17) is 0 Å². The molecule has 0 aliphatic heterocycles. The van der Waals surface area contributed by atoms with E-state index in [1.54, 1.807) is 0 Å². The van der Waals surface area contributed by atoms with E-state index in [2.05, 4.69) is 12.2 Å². The van der Waals surface area contributed by atoms with Crippen LogP contribution in [-0.2, 0) is 0 Å². The first-order valence-electron chi connectivity index (χ1n) is 6.84. The number of nitro benzene ring substituents is 1. The normalized spacial score (nSPS) is 22.6. The summed E-state index contributed by atoms with van der Waals surface area (Å²) in [5.74, 6) is -0.841. The van der Waals surface area contributed by atoms with Crippen molar-refractivity contribution in [3.05, 3.63) is 33.9 Å². The van der Waals surface area contributed by atoms with Gasteiger partial charge in [-0.15, -0.1) is 0 Å². The summed E-state index contributed by atoms with van der Waals surface area (Å²) in [6.07, 6.45) is 4.34. The molecule has 0 amide bonds. The average molecular weight is 284 g/mol. The lowest BCUT2D eigenvalue weighted by Crippen LogP contribution is -2.20. The Morgan fingerprint density at radius 2 is 1.95 bits per heavy atom. The molecule has 1 aliphatic rings. The number of anilines is 1. The molecular formula is C14H18F2N2O2. The Bertz CT molecular complexity index is 500. The van der Waals surface area contributed by atoms with Crippen molar-refractivity contribution in [2.75, 3.05) is 11.9 Å². The van der Waals surface area contributed by atoms with Gasteiger partial charge in [0, 0.05) is 18.7 Å². The van der Waals surface area contributed by atoms with Crippen LogP contribution < -0.4 is 5.32 Å². The number of halogens is 2. The van der Waals surface area contributed by atoms with Crippen molar-refractivity contribution >= 4 is 11.4 Å². The van der Waals surface area contributed by atoms with E-state index in [0.29, 0.717) is 24.4 Å². The van der Waals surface area contributed by atoms with Gasteiger partial charge >= 0.3 is 5.69 Å². The van der Waals surface area contributed by atoms with Gasteiger partial charge in [-0.25, -0.2) is 4.39 Å². The topological polar surface area (TPSA) is 55.2 Å². The summed E-state index contributed by atoms with van der Waals surface area (Å²) in [7, 11) is 0. The van der Waals surface area contributed by atoms with Crippen LogP contribution in [0.3, 0.4) is 0 Å². The van der Waals surface area contributed by atoms with Crippen LogP contribution in [0, 0.1) is 33.6 Å². The molecule has 0 unspecified atom stereocenters. The molecule has 1 aliphatic carbocycles. The maximum atomic E-state index is 13.5. The molecular weight excluding hydrogens is 266 g/mol. The monoisotopic (exact) mass is 284 g/mol. The van der Waals surface area contributed by atoms with Crippen molar-refractivity contribution in [3.63, 3.8) is 0 Å². The molecule has 20 heavy (non-hydrogen) atoms. The standard InChI is InChI=1S/C14H18F2N2O2/c1-9-2-4-10(5-3-9)8-17-13-7-11(15)6-12(16)14(13)18(19)20/h6-7,9-10,17H,2-5,8H2,1H3. The van der Waals surface area contributed by atoms with Crippen molar-refractivity contribution in [2.45, 2.75) is 32.6 Å². The first kappa shape index (κ1) is 14.7. The summed E-state index contributed by atoms with van der Waals surface area (Å²) in [4.78, 5) is 10.0. The number of rotatable bonds is 4. The van der Waals surface area contributed by atoms with E-state index in [9.17, 15) is 18.9 Å². The van der Waals surface area contributed by atoms with Gasteiger partial charge in [-0.3, -0.25) is 10.1 Å². The van der Waals surface area contributed by atoms with Crippen LogP contribution in [-0.4, -0.2) is 11.5 Å². The third kappa shape index (κ3) is 3.43. The molecule has 0 atom stereocenters. The van der Waals surface area contributed by atoms with Gasteiger partial charge in [-0.05, 0) is 24.7 Å². The Balaban J connectivity index is 2.07. The molecule has 1 N–H and O–H groups in total. The number of nitro groups is 1. The fourth-order valence-corrected chi connectivity index (χ4v) is 2.67. The summed E-state index contributed by atoms with van der Waals surface area (Å²) >= 11 is 0. The molecule has 0 bridgehead atoms. The Kier molecular flexibility index (Phi) is 4.52. The molecule has 1 aromatic rings. The number of benzene rings is 1. The zero-order chi connectivity index (χ0) is 14.7. The molecule has 1 saturated carbocycles. The highest BCUT2D eigenvalue weighted by atomic mass is 19.1. The largest absolute Gasteiger partial charge is 0.379 e. The number of hydrogen-bond donors (Lipinski definition) is 1. The SMILES string of the molecule is CC1CCC(CNc2cc(F)cc(F)c2[N+](=O)[O-])CC1. The second kappa shape index (κ2) is 6.15. The van der Waals surface area contributed by atoms with Gasteiger partial charge in [0.2, 0.25) is 5.82 Å². The van der Waals surface area contributed by atoms with E-state index < -0.39 is 22.2 Å². The minimum Gasteiger partial charge on any atom is -0.379 e. The fraction of sp³-hybridized carbons (Fsp3) is 0.571. The number of nitrogens with one attached hydrogen (secondary N) is 1. The molecule has 0 saturated heterocycles. The van der Waals surface area contributed by atoms with Crippen LogP contribution in [0.25, 0.3) is 0 Å². The second-order valence-corrected chi connectivity index (χ2v) is 5.55. The van der Waals surface area contributed by atoms with Crippen molar-refractivity contribution in [1.29, 1.82) is 0 Å². The highest BCUT2D eigenvalue weighted by molar-refractivity contribution is 5.62. The molecule has 4 nitrogen and oxygen atoms in total. The van der Waals surface area contributed by atoms with Gasteiger partial charge in [-0.2, -0.15) is 4.39 Å². The van der Waals surface area contributed by atoms with Gasteiger partial charge in [0.25, 0.3) is 0 Å². The second-order valence-electron chi connectivity index (χ2n) is 5.55. The molecule has 110 valence electrons. The summed E-state index contributed by atoms with van der Waals surface area (Å²) < 4.78 is 26.6. The quantitative estimate of drug-likeness (QED) is 0.668. The van der Waals surface area contributed by atoms with Crippen LogP contribution in [0.1, 0.15) is 32.6 Å². The van der Waals surface area contributed by atoms with Crippen molar-refractivity contribution in [3.8, 4) is 0 Å². The van der Waals surface area contributed by atoms with Crippen molar-refractivity contribution < 1.29 is 13.7 Å². The van der Waals surface area contributed by atoms with E-state index in [1.165, 1.54) is 0 Å². The molecule has 1 fully saturated rings. The highest BCUT2D eigenvalue weighted by Crippen LogP contribution is 2.31. The van der Waals surface area contributed by atoms with Crippen LogP contribution in [0.2, 0.25) is 0 Å². The number of hydrogen-bond acceptors (Lipinski definition) is 3. The minimum absolute atomic E-state index is 0.0777. The van der Waals surface area contributed by atoms with E-state index in [0.717, 1.165) is 31.7 Å². The van der Waals surface area contributed by atoms with Gasteiger partial charge < -0.3 is 5.32 Å². The van der Waals surface area contributed by atoms with Crippen LogP contribution in [0.5, 0.6) is 0 Å². The lowest BCUT2D eigenvalue weighted by atomic mass is 9.83. The predicted octanol–water partition coefficient (Wildman–Crippen LogP) is 4.11. The summed E-state index contributed by atoms with van der Waals surface area (Å²) in [5, 5.41) is 13.7. The summed E-state index contributed by atoms with van der Waals surface area (Å²) in [6, 6.07) is 1.51. The average Bonchev–Trinajstić information content (AvgIpc) is 2.36. The van der Waals surface area contributed by atoms with E-state index in [-0.39, 0.29) is 5.69 Å². The van der Waals surface area contributed by atoms with E-state index >= 15 is 0 Å². The van der Waals surface area contributed by atoms with Crippen LogP contribution in [0.15, 0.2) is 12.1 Å². The Morgan fingerprint density at radius 1 is 1.30 bits per heavy atom. The minimum atomic E-state index is -1.14. The Morgan fingerprint density at radius 3 is 2.55 bits per heavy atom. The zero-order valence-corrected chi connectivity index (χ0v) is 11.4. The lowest BCUT2D eigenvalue weighted by Gasteiger charge is -2.26. The molecule has 0 heterocycles. The predicted molar refractivity (Wildman–Crippen MR) is 72.6 cm³/mol. The molecule has 0 radical (unpaired) electrons. The fourth-order valence-electron chi connectivity index (χ4n) is 2.67. The smallest absolute Gasteiger partial charge is 0.327 e. The highest BCUT2D eigenvalue weighted by Gasteiger charge is 2.23.